The van der Waals surface area contributed by atoms with Crippen LogP contribution in [0.3, 0.4) is 0 Å². The van der Waals surface area contributed by atoms with E-state index in [1.54, 1.807) is 43.3 Å². The van der Waals surface area contributed by atoms with E-state index in [0.717, 1.165) is 5.56 Å². The Morgan fingerprint density at radius 2 is 1.79 bits per heavy atom. The second-order valence-corrected chi connectivity index (χ2v) is 9.47. The summed E-state index contributed by atoms with van der Waals surface area (Å²) >= 11 is 12.9. The third kappa shape index (κ3) is 5.38. The Bertz CT molecular complexity index is 1350. The smallest absolute Gasteiger partial charge is 0.363 e. The molecule has 0 aliphatic carbocycles. The van der Waals surface area contributed by atoms with Crippen LogP contribution in [0.5, 0.6) is 5.75 Å². The average Bonchev–Trinajstić information content (AvgIpc) is 3.14. The topological polar surface area (TPSA) is 91.0 Å². The molecule has 3 aromatic carbocycles. The van der Waals surface area contributed by atoms with Crippen molar-refractivity contribution in [1.82, 2.24) is 0 Å². The number of ether oxygens (including phenoxy) is 2. The summed E-state index contributed by atoms with van der Waals surface area (Å²) in [4.78, 5) is 27.2. The molecule has 1 aliphatic heterocycles. The number of rotatable bonds is 6. The van der Waals surface area contributed by atoms with Gasteiger partial charge >= 0.3 is 5.97 Å². The number of nitro benzene ring substituents is 1. The number of benzene rings is 3. The molecular formula is C24H15Br2ClN2O5. The number of cyclic esters (lactones) is 1. The molecule has 0 N–H and O–H groups in total. The molecule has 0 fully saturated rings. The number of halogens is 3. The number of esters is 1. The molecule has 4 rings (SSSR count). The van der Waals surface area contributed by atoms with E-state index in [2.05, 4.69) is 36.9 Å². The van der Waals surface area contributed by atoms with Gasteiger partial charge in [0, 0.05) is 22.2 Å². The van der Waals surface area contributed by atoms with Gasteiger partial charge in [0.25, 0.3) is 5.69 Å². The van der Waals surface area contributed by atoms with Gasteiger partial charge in [-0.2, -0.15) is 0 Å². The van der Waals surface area contributed by atoms with Gasteiger partial charge in [-0.25, -0.2) is 9.79 Å². The van der Waals surface area contributed by atoms with Gasteiger partial charge in [0.15, 0.2) is 5.70 Å². The molecule has 172 valence electrons. The van der Waals surface area contributed by atoms with Crippen molar-refractivity contribution in [2.24, 2.45) is 4.99 Å². The lowest BCUT2D eigenvalue weighted by Crippen LogP contribution is -2.06. The van der Waals surface area contributed by atoms with E-state index in [-0.39, 0.29) is 17.3 Å². The Hall–Kier alpha value is -3.01. The molecule has 0 saturated carbocycles. The number of nitro groups is 1. The first-order valence-corrected chi connectivity index (χ1v) is 11.8. The van der Waals surface area contributed by atoms with Crippen LogP contribution in [-0.2, 0) is 16.1 Å². The number of carbonyl (C=O) groups is 1. The second-order valence-electron chi connectivity index (χ2n) is 7.32. The SMILES string of the molecule is Cc1cc(C2=N/C(=C\c3cc(Br)c(OCc4ccc(Cl)cc4)c(Br)c3)C(=O)O2)ccc1[N+](=O)[O-]. The molecule has 0 saturated heterocycles. The lowest BCUT2D eigenvalue weighted by atomic mass is 10.1. The fourth-order valence-electron chi connectivity index (χ4n) is 3.22. The van der Waals surface area contributed by atoms with Gasteiger partial charge in [-0.05, 0) is 92.4 Å². The predicted octanol–water partition coefficient (Wildman–Crippen LogP) is 7.01. The van der Waals surface area contributed by atoms with Crippen molar-refractivity contribution in [3.05, 3.63) is 107 Å². The number of aryl methyl sites for hydroxylation is 1. The fourth-order valence-corrected chi connectivity index (χ4v) is 4.80. The molecule has 1 aliphatic rings. The molecule has 7 nitrogen and oxygen atoms in total. The second kappa shape index (κ2) is 10.1. The summed E-state index contributed by atoms with van der Waals surface area (Å²) in [7, 11) is 0. The Kier molecular flexibility index (Phi) is 7.16. The van der Waals surface area contributed by atoms with Gasteiger partial charge in [0.2, 0.25) is 5.90 Å². The number of hydrogen-bond donors (Lipinski definition) is 0. The van der Waals surface area contributed by atoms with Crippen molar-refractivity contribution in [2.45, 2.75) is 13.5 Å². The van der Waals surface area contributed by atoms with Crippen LogP contribution >= 0.6 is 43.5 Å². The minimum atomic E-state index is -0.610. The first kappa shape index (κ1) is 24.1. The first-order chi connectivity index (χ1) is 16.2. The zero-order valence-corrected chi connectivity index (χ0v) is 21.5. The van der Waals surface area contributed by atoms with Crippen LogP contribution in [0.1, 0.15) is 22.3 Å². The summed E-state index contributed by atoms with van der Waals surface area (Å²) in [6.45, 7) is 1.96. The maximum atomic E-state index is 12.4. The minimum absolute atomic E-state index is 0.0162. The van der Waals surface area contributed by atoms with Gasteiger partial charge in [-0.3, -0.25) is 10.1 Å². The molecule has 0 bridgehead atoms. The van der Waals surface area contributed by atoms with Crippen LogP contribution in [0.25, 0.3) is 6.08 Å². The van der Waals surface area contributed by atoms with Gasteiger partial charge in [-0.15, -0.1) is 0 Å². The predicted molar refractivity (Wildman–Crippen MR) is 136 cm³/mol. The lowest BCUT2D eigenvalue weighted by molar-refractivity contribution is -0.385. The van der Waals surface area contributed by atoms with E-state index >= 15 is 0 Å². The first-order valence-electron chi connectivity index (χ1n) is 9.85. The van der Waals surface area contributed by atoms with Gasteiger partial charge < -0.3 is 9.47 Å². The normalized spacial score (nSPS) is 14.2. The summed E-state index contributed by atoms with van der Waals surface area (Å²) in [5, 5.41) is 11.7. The Labute approximate surface area is 216 Å². The van der Waals surface area contributed by atoms with Crippen molar-refractivity contribution in [1.29, 1.82) is 0 Å². The molecular weight excluding hydrogens is 592 g/mol. The summed E-state index contributed by atoms with van der Waals surface area (Å²) in [6.07, 6.45) is 1.59. The molecule has 34 heavy (non-hydrogen) atoms. The van der Waals surface area contributed by atoms with Crippen LogP contribution in [-0.4, -0.2) is 16.8 Å². The largest absolute Gasteiger partial charge is 0.487 e. The average molecular weight is 607 g/mol. The van der Waals surface area contributed by atoms with Crippen molar-refractivity contribution >= 4 is 67.1 Å². The van der Waals surface area contributed by atoms with Crippen LogP contribution in [0.4, 0.5) is 5.69 Å². The molecule has 3 aromatic rings. The summed E-state index contributed by atoms with van der Waals surface area (Å²) in [5.41, 5.74) is 2.67. The Balaban J connectivity index is 1.55. The van der Waals surface area contributed by atoms with Crippen molar-refractivity contribution in [3.63, 3.8) is 0 Å². The highest BCUT2D eigenvalue weighted by molar-refractivity contribution is 9.11. The molecule has 0 atom stereocenters. The molecule has 10 heteroatoms. The maximum Gasteiger partial charge on any atom is 0.363 e. The maximum absolute atomic E-state index is 12.4. The lowest BCUT2D eigenvalue weighted by Gasteiger charge is -2.11. The van der Waals surface area contributed by atoms with Crippen molar-refractivity contribution in [2.75, 3.05) is 0 Å². The van der Waals surface area contributed by atoms with E-state index < -0.39 is 10.9 Å². The molecule has 0 spiro atoms. The minimum Gasteiger partial charge on any atom is -0.487 e. The van der Waals surface area contributed by atoms with E-state index in [1.807, 2.05) is 12.1 Å². The van der Waals surface area contributed by atoms with E-state index in [1.165, 1.54) is 12.1 Å². The van der Waals surface area contributed by atoms with Gasteiger partial charge in [-0.1, -0.05) is 23.7 Å². The number of carbonyl (C=O) groups excluding carboxylic acids is 1. The summed E-state index contributed by atoms with van der Waals surface area (Å²) in [5.74, 6) is 0.0910. The zero-order valence-electron chi connectivity index (χ0n) is 17.6. The van der Waals surface area contributed by atoms with Gasteiger partial charge in [0.1, 0.15) is 12.4 Å². The van der Waals surface area contributed by atoms with Crippen molar-refractivity contribution < 1.29 is 19.2 Å². The monoisotopic (exact) mass is 604 g/mol. The Morgan fingerprint density at radius 1 is 1.12 bits per heavy atom. The third-order valence-electron chi connectivity index (χ3n) is 4.88. The third-order valence-corrected chi connectivity index (χ3v) is 6.31. The van der Waals surface area contributed by atoms with Crippen LogP contribution in [0, 0.1) is 17.0 Å². The highest BCUT2D eigenvalue weighted by Crippen LogP contribution is 2.36. The molecule has 0 aromatic heterocycles. The van der Waals surface area contributed by atoms with Crippen LogP contribution in [0.15, 0.2) is 74.2 Å². The molecule has 0 unspecified atom stereocenters. The molecule has 1 heterocycles. The highest BCUT2D eigenvalue weighted by Gasteiger charge is 2.25. The van der Waals surface area contributed by atoms with Crippen LogP contribution < -0.4 is 4.74 Å². The van der Waals surface area contributed by atoms with E-state index in [0.29, 0.717) is 43.0 Å². The molecule has 0 radical (unpaired) electrons. The number of hydrogen-bond acceptors (Lipinski definition) is 6. The summed E-state index contributed by atoms with van der Waals surface area (Å²) < 4.78 is 12.6. The molecule has 0 amide bonds. The van der Waals surface area contributed by atoms with Crippen LogP contribution in [0.2, 0.25) is 5.02 Å². The van der Waals surface area contributed by atoms with Gasteiger partial charge in [0.05, 0.1) is 13.9 Å². The highest BCUT2D eigenvalue weighted by atomic mass is 79.9. The van der Waals surface area contributed by atoms with Crippen molar-refractivity contribution in [3.8, 4) is 5.75 Å². The summed E-state index contributed by atoms with van der Waals surface area (Å²) in [6, 6.07) is 15.4. The number of nitrogens with zero attached hydrogens (tertiary/aromatic N) is 2. The zero-order chi connectivity index (χ0) is 24.4. The standard InChI is InChI=1S/C24H15Br2ClN2O5/c1-13-8-16(4-7-21(13)29(31)32)23-28-20(24(30)34-23)11-15-9-18(25)22(19(26)10-15)33-12-14-2-5-17(27)6-3-14/h2-11H,12H2,1H3/b20-11-. The Morgan fingerprint density at radius 3 is 2.41 bits per heavy atom. The fraction of sp³-hybridized carbons (Fsp3) is 0.0833. The van der Waals surface area contributed by atoms with E-state index in [9.17, 15) is 14.9 Å². The van der Waals surface area contributed by atoms with E-state index in [4.69, 9.17) is 21.1 Å². The number of aliphatic imine (C=N–C) groups is 1. The quantitative estimate of drug-likeness (QED) is 0.130.